The second kappa shape index (κ2) is 6.20. The molecule has 1 fully saturated rings. The van der Waals surface area contributed by atoms with Crippen LogP contribution in [0.4, 0.5) is 0 Å². The summed E-state index contributed by atoms with van der Waals surface area (Å²) in [7, 11) is 0. The number of carboxylic acid groups (broad SMARTS) is 1. The van der Waals surface area contributed by atoms with Crippen LogP contribution in [0.5, 0.6) is 0 Å². The number of thioether (sulfide) groups is 1. The zero-order valence-electron chi connectivity index (χ0n) is 11.7. The number of carboxylic acids is 1. The molecule has 0 bridgehead atoms. The monoisotopic (exact) mass is 336 g/mol. The highest BCUT2D eigenvalue weighted by Gasteiger charge is 2.53. The van der Waals surface area contributed by atoms with Crippen LogP contribution in [0, 0.1) is 0 Å². The zero-order valence-corrected chi connectivity index (χ0v) is 12.5. The maximum Gasteiger partial charge on any atom is 0.352 e. The first kappa shape index (κ1) is 15.2. The maximum atomic E-state index is 12.0. The molecule has 0 radical (unpaired) electrons. The van der Waals surface area contributed by atoms with E-state index in [2.05, 4.69) is 20.7 Å². The Balaban J connectivity index is 1.80. The molecule has 120 valence electrons. The molecule has 2 aliphatic heterocycles. The van der Waals surface area contributed by atoms with Crippen molar-refractivity contribution < 1.29 is 19.5 Å². The highest BCUT2D eigenvalue weighted by atomic mass is 32.2. The quantitative estimate of drug-likeness (QED) is 0.479. The molecule has 2 N–H and O–H groups in total. The lowest BCUT2D eigenvalue weighted by atomic mass is 10.0. The van der Waals surface area contributed by atoms with Crippen molar-refractivity contribution in [1.29, 1.82) is 0 Å². The van der Waals surface area contributed by atoms with Gasteiger partial charge in [-0.15, -0.1) is 22.0 Å². The molecule has 23 heavy (non-hydrogen) atoms. The summed E-state index contributed by atoms with van der Waals surface area (Å²) in [6, 6.07) is -0.670. The van der Waals surface area contributed by atoms with Crippen LogP contribution in [0.1, 0.15) is 0 Å². The van der Waals surface area contributed by atoms with E-state index in [1.54, 1.807) is 12.2 Å². The molecule has 1 aromatic heterocycles. The number of hydrogen-bond donors (Lipinski definition) is 2. The lowest BCUT2D eigenvalue weighted by Gasteiger charge is -2.48. The van der Waals surface area contributed by atoms with Crippen molar-refractivity contribution in [2.75, 3.05) is 5.75 Å². The number of amides is 2. The number of aliphatic carboxylic acids is 1. The van der Waals surface area contributed by atoms with Gasteiger partial charge < -0.3 is 10.4 Å². The van der Waals surface area contributed by atoms with Gasteiger partial charge in [-0.2, -0.15) is 4.80 Å². The van der Waals surface area contributed by atoms with Crippen LogP contribution in [-0.4, -0.2) is 65.7 Å². The molecule has 10 nitrogen and oxygen atoms in total. The first-order valence-corrected chi connectivity index (χ1v) is 7.66. The van der Waals surface area contributed by atoms with Gasteiger partial charge in [0.1, 0.15) is 17.1 Å². The fourth-order valence-corrected chi connectivity index (χ4v) is 3.76. The van der Waals surface area contributed by atoms with Gasteiger partial charge in [-0.25, -0.2) is 4.79 Å². The Hall–Kier alpha value is -2.69. The number of nitrogens with zero attached hydrogens (tertiary/aromatic N) is 5. The minimum atomic E-state index is -1.17. The molecular formula is C12H12N6O4S. The van der Waals surface area contributed by atoms with Gasteiger partial charge in [0.25, 0.3) is 5.91 Å². The molecule has 2 atom stereocenters. The Bertz CT molecular complexity index is 700. The van der Waals surface area contributed by atoms with Crippen molar-refractivity contribution in [2.24, 2.45) is 0 Å². The van der Waals surface area contributed by atoms with Crippen molar-refractivity contribution in [3.05, 3.63) is 29.7 Å². The molecule has 0 aliphatic carbocycles. The number of hydrogen-bond acceptors (Lipinski definition) is 7. The van der Waals surface area contributed by atoms with E-state index in [1.165, 1.54) is 27.8 Å². The predicted molar refractivity (Wildman–Crippen MR) is 77.7 cm³/mol. The number of β-lactam (4-membered cyclic amide) rings is 1. The van der Waals surface area contributed by atoms with E-state index in [9.17, 15) is 19.5 Å². The topological polar surface area (TPSA) is 130 Å². The van der Waals surface area contributed by atoms with Crippen molar-refractivity contribution in [2.45, 2.75) is 18.0 Å². The van der Waals surface area contributed by atoms with Gasteiger partial charge in [0.15, 0.2) is 6.33 Å². The number of tetrazole rings is 1. The van der Waals surface area contributed by atoms with Crippen molar-refractivity contribution in [1.82, 2.24) is 30.4 Å². The largest absolute Gasteiger partial charge is 0.477 e. The summed E-state index contributed by atoms with van der Waals surface area (Å²) in [5, 5.41) is 22.6. The number of fused-ring (bicyclic) bond motifs is 1. The third-order valence-electron chi connectivity index (χ3n) is 3.43. The minimum Gasteiger partial charge on any atom is -0.477 e. The third-order valence-corrected chi connectivity index (χ3v) is 4.73. The molecule has 0 aromatic carbocycles. The standard InChI is InChI=1S/C12H12N6O4S/c19-6-13-8-10(20)18-9(12(21)22)7(4-23-11(8)18)2-1-3-17-15-5-14-16-17/h1-2,5-6,8,11H,3-4H2,(H,13,19)(H,21,22)/t8?,11-/m1/s1. The van der Waals surface area contributed by atoms with E-state index < -0.39 is 17.9 Å². The van der Waals surface area contributed by atoms with Crippen molar-refractivity contribution in [3.8, 4) is 0 Å². The van der Waals surface area contributed by atoms with Crippen LogP contribution in [0.3, 0.4) is 0 Å². The number of allylic oxidation sites excluding steroid dienone is 2. The van der Waals surface area contributed by atoms with Gasteiger partial charge in [0, 0.05) is 5.75 Å². The average Bonchev–Trinajstić information content (AvgIpc) is 3.05. The van der Waals surface area contributed by atoms with Crippen LogP contribution in [0.2, 0.25) is 0 Å². The molecular weight excluding hydrogens is 324 g/mol. The molecule has 1 aromatic rings. The fourth-order valence-electron chi connectivity index (χ4n) is 2.43. The van der Waals surface area contributed by atoms with Crippen LogP contribution < -0.4 is 5.32 Å². The van der Waals surface area contributed by atoms with Crippen LogP contribution in [0.25, 0.3) is 0 Å². The third kappa shape index (κ3) is 2.70. The van der Waals surface area contributed by atoms with Crippen molar-refractivity contribution >= 4 is 30.0 Å². The van der Waals surface area contributed by atoms with Crippen LogP contribution in [0.15, 0.2) is 29.7 Å². The Morgan fingerprint density at radius 2 is 2.39 bits per heavy atom. The molecule has 1 saturated heterocycles. The highest BCUT2D eigenvalue weighted by molar-refractivity contribution is 8.00. The summed E-state index contributed by atoms with van der Waals surface area (Å²) in [6.45, 7) is 0.341. The second-order valence-corrected chi connectivity index (χ2v) is 5.85. The first-order chi connectivity index (χ1) is 11.1. The normalized spacial score (nSPS) is 23.7. The van der Waals surface area contributed by atoms with Gasteiger partial charge in [-0.1, -0.05) is 12.2 Å². The van der Waals surface area contributed by atoms with E-state index >= 15 is 0 Å². The van der Waals surface area contributed by atoms with Gasteiger partial charge in [-0.3, -0.25) is 14.5 Å². The van der Waals surface area contributed by atoms with Gasteiger partial charge in [0.05, 0.1) is 6.54 Å². The summed E-state index contributed by atoms with van der Waals surface area (Å²) < 4.78 is 0. The number of carbonyl (C=O) groups excluding carboxylic acids is 2. The SMILES string of the molecule is O=CNC1C(=O)N2C(C(=O)O)=C(C=CCn3ncnn3)CS[C@H]12. The molecule has 11 heteroatoms. The number of carbonyl (C=O) groups is 3. The maximum absolute atomic E-state index is 12.0. The van der Waals surface area contributed by atoms with Gasteiger partial charge in [0.2, 0.25) is 6.41 Å². The number of rotatable bonds is 6. The van der Waals surface area contributed by atoms with Crippen LogP contribution in [-0.2, 0) is 20.9 Å². The van der Waals surface area contributed by atoms with Crippen molar-refractivity contribution in [3.63, 3.8) is 0 Å². The lowest BCUT2D eigenvalue weighted by Crippen LogP contribution is -2.69. The molecule has 3 rings (SSSR count). The van der Waals surface area contributed by atoms with E-state index in [0.29, 0.717) is 24.3 Å². The summed E-state index contributed by atoms with van der Waals surface area (Å²) in [5.74, 6) is -1.17. The molecule has 0 spiro atoms. The molecule has 3 heterocycles. The number of nitrogens with one attached hydrogen (secondary N) is 1. The van der Waals surface area contributed by atoms with E-state index in [0.717, 1.165) is 0 Å². The Labute approximate surface area is 134 Å². The van der Waals surface area contributed by atoms with Crippen LogP contribution >= 0.6 is 11.8 Å². The van der Waals surface area contributed by atoms with E-state index in [1.807, 2.05) is 0 Å². The summed E-state index contributed by atoms with van der Waals surface area (Å²) in [4.78, 5) is 36.6. The molecule has 1 unspecified atom stereocenters. The van der Waals surface area contributed by atoms with E-state index in [4.69, 9.17) is 0 Å². The lowest BCUT2D eigenvalue weighted by molar-refractivity contribution is -0.149. The molecule has 0 saturated carbocycles. The highest BCUT2D eigenvalue weighted by Crippen LogP contribution is 2.40. The summed E-state index contributed by atoms with van der Waals surface area (Å²) in [5.41, 5.74) is 0.474. The average molecular weight is 336 g/mol. The second-order valence-electron chi connectivity index (χ2n) is 4.74. The molecule has 2 aliphatic rings. The van der Waals surface area contributed by atoms with E-state index in [-0.39, 0.29) is 11.1 Å². The Kier molecular flexibility index (Phi) is 4.10. The smallest absolute Gasteiger partial charge is 0.352 e. The molecule has 2 amide bonds. The zero-order chi connectivity index (χ0) is 16.4. The summed E-state index contributed by atoms with van der Waals surface area (Å²) in [6.07, 6.45) is 5.09. The number of aromatic nitrogens is 4. The van der Waals surface area contributed by atoms with Gasteiger partial charge in [-0.05, 0) is 10.8 Å². The summed E-state index contributed by atoms with van der Waals surface area (Å²) >= 11 is 1.40. The first-order valence-electron chi connectivity index (χ1n) is 6.61. The Morgan fingerprint density at radius 1 is 1.57 bits per heavy atom. The minimum absolute atomic E-state index is 0.0505. The Morgan fingerprint density at radius 3 is 3.04 bits per heavy atom. The fraction of sp³-hybridized carbons (Fsp3) is 0.333. The van der Waals surface area contributed by atoms with Gasteiger partial charge >= 0.3 is 5.97 Å². The predicted octanol–water partition coefficient (Wildman–Crippen LogP) is -1.40.